The molecule has 1 saturated heterocycles. The van der Waals surface area contributed by atoms with Crippen LogP contribution in [-0.2, 0) is 23.9 Å². The summed E-state index contributed by atoms with van der Waals surface area (Å²) in [6.45, 7) is 2.97. The number of ether oxygens (including phenoxy) is 1. The third-order valence-corrected chi connectivity index (χ3v) is 4.01. The van der Waals surface area contributed by atoms with Gasteiger partial charge in [0.1, 0.15) is 5.82 Å². The van der Waals surface area contributed by atoms with E-state index in [0.717, 1.165) is 38.8 Å². The highest BCUT2D eigenvalue weighted by molar-refractivity contribution is 5.09. The summed E-state index contributed by atoms with van der Waals surface area (Å²) in [7, 11) is 0. The number of alkyl halides is 3. The van der Waals surface area contributed by atoms with Crippen LogP contribution in [0.5, 0.6) is 0 Å². The first kappa shape index (κ1) is 13.9. The molecule has 0 saturated carbocycles. The first-order valence-corrected chi connectivity index (χ1v) is 6.97. The van der Waals surface area contributed by atoms with Crippen LogP contribution in [0, 0.1) is 5.92 Å². The van der Waals surface area contributed by atoms with Crippen molar-refractivity contribution in [3.63, 3.8) is 0 Å². The van der Waals surface area contributed by atoms with Crippen molar-refractivity contribution in [2.45, 2.75) is 38.0 Å². The van der Waals surface area contributed by atoms with Gasteiger partial charge in [-0.1, -0.05) is 0 Å². The van der Waals surface area contributed by atoms with Gasteiger partial charge in [-0.2, -0.15) is 13.2 Å². The van der Waals surface area contributed by atoms with Crippen LogP contribution in [0.4, 0.5) is 13.2 Å². The second-order valence-corrected chi connectivity index (χ2v) is 5.57. The highest BCUT2D eigenvalue weighted by Gasteiger charge is 2.35. The van der Waals surface area contributed by atoms with Crippen molar-refractivity contribution in [3.05, 3.63) is 17.7 Å². The smallest absolute Gasteiger partial charge is 0.380 e. The van der Waals surface area contributed by atoms with Gasteiger partial charge in [0, 0.05) is 38.4 Å². The van der Waals surface area contributed by atoms with E-state index in [1.807, 2.05) is 0 Å². The molecule has 4 nitrogen and oxygen atoms in total. The summed E-state index contributed by atoms with van der Waals surface area (Å²) in [5.41, 5.74) is -0.773. The predicted molar refractivity (Wildman–Crippen MR) is 66.3 cm³/mol. The molecule has 1 N–H and O–H groups in total. The molecule has 0 amide bonds. The van der Waals surface area contributed by atoms with Crippen LogP contribution in [0.3, 0.4) is 0 Å². The third kappa shape index (κ3) is 2.98. The molecule has 2 atom stereocenters. The molecular formula is C13H18F3N3O. The van der Waals surface area contributed by atoms with E-state index in [2.05, 4.69) is 10.3 Å². The fraction of sp³-hybridized carbons (Fsp3) is 0.769. The van der Waals surface area contributed by atoms with Crippen molar-refractivity contribution in [1.29, 1.82) is 0 Å². The Bertz CT molecular complexity index is 466. The van der Waals surface area contributed by atoms with Crippen LogP contribution >= 0.6 is 0 Å². The maximum Gasteiger partial charge on any atom is 0.434 e. The summed E-state index contributed by atoms with van der Waals surface area (Å²) in [5.74, 6) is 0.913. The lowest BCUT2D eigenvalue weighted by molar-refractivity contribution is -0.141. The van der Waals surface area contributed by atoms with Crippen LogP contribution in [0.15, 0.2) is 6.20 Å². The topological polar surface area (TPSA) is 39.1 Å². The van der Waals surface area contributed by atoms with Gasteiger partial charge < -0.3 is 14.6 Å². The van der Waals surface area contributed by atoms with Crippen molar-refractivity contribution in [2.75, 3.05) is 19.8 Å². The van der Waals surface area contributed by atoms with E-state index in [1.54, 1.807) is 4.57 Å². The average Bonchev–Trinajstić information content (AvgIpc) is 3.04. The van der Waals surface area contributed by atoms with Crippen molar-refractivity contribution in [2.24, 2.45) is 5.92 Å². The van der Waals surface area contributed by atoms with E-state index in [4.69, 9.17) is 4.74 Å². The Morgan fingerprint density at radius 1 is 1.40 bits per heavy atom. The van der Waals surface area contributed by atoms with Crippen molar-refractivity contribution in [1.82, 2.24) is 14.9 Å². The number of nitrogens with zero attached hydrogens (tertiary/aromatic N) is 2. The first-order chi connectivity index (χ1) is 9.52. The fourth-order valence-electron chi connectivity index (χ4n) is 2.85. The van der Waals surface area contributed by atoms with Crippen LogP contribution in [0.25, 0.3) is 0 Å². The highest BCUT2D eigenvalue weighted by atomic mass is 19.4. The number of rotatable bonds is 3. The standard InChI is InChI=1S/C13H18F3N3O/c14-13(15,16)11-7-19-6-9(1-2-12(19)18-11)5-17-10-3-4-20-8-10/h7,9-10,17H,1-6,8H2/t9-,10+/m0/s1. The average molecular weight is 289 g/mol. The molecule has 112 valence electrons. The quantitative estimate of drug-likeness (QED) is 0.923. The fourth-order valence-corrected chi connectivity index (χ4v) is 2.85. The predicted octanol–water partition coefficient (Wildman–Crippen LogP) is 1.84. The number of halogens is 3. The van der Waals surface area contributed by atoms with Crippen LogP contribution < -0.4 is 5.32 Å². The lowest BCUT2D eigenvalue weighted by atomic mass is 9.99. The summed E-state index contributed by atoms with van der Waals surface area (Å²) in [6, 6.07) is 0.393. The number of hydrogen-bond donors (Lipinski definition) is 1. The minimum Gasteiger partial charge on any atom is -0.380 e. The number of aromatic nitrogens is 2. The van der Waals surface area contributed by atoms with Crippen molar-refractivity contribution < 1.29 is 17.9 Å². The van der Waals surface area contributed by atoms with Crippen LogP contribution in [0.1, 0.15) is 24.4 Å². The SMILES string of the molecule is FC(F)(F)c1cn2c(n1)CC[C@@H](CN[C@@H]1CCOC1)C2. The van der Waals surface area contributed by atoms with Gasteiger partial charge in [-0.05, 0) is 18.8 Å². The van der Waals surface area contributed by atoms with Gasteiger partial charge in [0.25, 0.3) is 0 Å². The Kier molecular flexibility index (Phi) is 3.72. The Balaban J connectivity index is 1.58. The Morgan fingerprint density at radius 3 is 2.95 bits per heavy atom. The minimum absolute atomic E-state index is 0.360. The van der Waals surface area contributed by atoms with Crippen LogP contribution in [0.2, 0.25) is 0 Å². The van der Waals surface area contributed by atoms with Gasteiger partial charge in [0.05, 0.1) is 6.61 Å². The van der Waals surface area contributed by atoms with Gasteiger partial charge in [0.15, 0.2) is 5.69 Å². The van der Waals surface area contributed by atoms with E-state index >= 15 is 0 Å². The molecule has 0 aliphatic carbocycles. The third-order valence-electron chi connectivity index (χ3n) is 4.01. The van der Waals surface area contributed by atoms with E-state index in [9.17, 15) is 13.2 Å². The van der Waals surface area contributed by atoms with Gasteiger partial charge >= 0.3 is 6.18 Å². The van der Waals surface area contributed by atoms with Crippen molar-refractivity contribution in [3.8, 4) is 0 Å². The minimum atomic E-state index is -4.35. The van der Waals surface area contributed by atoms with E-state index in [-0.39, 0.29) is 0 Å². The largest absolute Gasteiger partial charge is 0.434 e. The van der Waals surface area contributed by atoms with E-state index in [0.29, 0.717) is 30.7 Å². The number of nitrogens with one attached hydrogen (secondary N) is 1. The summed E-state index contributed by atoms with van der Waals surface area (Å²) >= 11 is 0. The molecule has 0 bridgehead atoms. The molecular weight excluding hydrogens is 271 g/mol. The summed E-state index contributed by atoms with van der Waals surface area (Å²) in [5, 5.41) is 3.44. The molecule has 0 radical (unpaired) electrons. The Labute approximate surface area is 115 Å². The maximum absolute atomic E-state index is 12.6. The molecule has 7 heteroatoms. The van der Waals surface area contributed by atoms with E-state index < -0.39 is 11.9 Å². The molecule has 2 aliphatic heterocycles. The zero-order valence-electron chi connectivity index (χ0n) is 11.1. The van der Waals surface area contributed by atoms with Crippen molar-refractivity contribution >= 4 is 0 Å². The first-order valence-electron chi connectivity index (χ1n) is 6.97. The van der Waals surface area contributed by atoms with Gasteiger partial charge in [-0.3, -0.25) is 0 Å². The Hall–Kier alpha value is -1.08. The molecule has 1 aromatic rings. The monoisotopic (exact) mass is 289 g/mol. The number of aryl methyl sites for hydroxylation is 1. The molecule has 2 aliphatic rings. The van der Waals surface area contributed by atoms with Gasteiger partial charge in [-0.25, -0.2) is 4.98 Å². The highest BCUT2D eigenvalue weighted by Crippen LogP contribution is 2.30. The zero-order chi connectivity index (χ0) is 14.2. The summed E-state index contributed by atoms with van der Waals surface area (Å²) in [4.78, 5) is 3.69. The summed E-state index contributed by atoms with van der Waals surface area (Å²) in [6.07, 6.45) is -0.695. The zero-order valence-corrected chi connectivity index (χ0v) is 11.1. The van der Waals surface area contributed by atoms with Gasteiger partial charge in [0.2, 0.25) is 0 Å². The normalized spacial score (nSPS) is 26.8. The molecule has 1 aromatic heterocycles. The maximum atomic E-state index is 12.6. The molecule has 3 heterocycles. The second-order valence-electron chi connectivity index (χ2n) is 5.57. The number of hydrogen-bond acceptors (Lipinski definition) is 3. The lowest BCUT2D eigenvalue weighted by Crippen LogP contribution is -2.36. The lowest BCUT2D eigenvalue weighted by Gasteiger charge is -2.25. The molecule has 1 fully saturated rings. The van der Waals surface area contributed by atoms with Crippen LogP contribution in [-0.4, -0.2) is 35.4 Å². The molecule has 0 unspecified atom stereocenters. The van der Waals surface area contributed by atoms with E-state index in [1.165, 1.54) is 0 Å². The molecule has 0 aromatic carbocycles. The number of imidazole rings is 1. The molecule has 0 spiro atoms. The molecule has 20 heavy (non-hydrogen) atoms. The second kappa shape index (κ2) is 5.37. The summed E-state index contributed by atoms with van der Waals surface area (Å²) < 4.78 is 44.8. The Morgan fingerprint density at radius 2 is 2.25 bits per heavy atom. The molecule has 3 rings (SSSR count). The van der Waals surface area contributed by atoms with Gasteiger partial charge in [-0.15, -0.1) is 0 Å². The number of fused-ring (bicyclic) bond motifs is 1.